The smallest absolute Gasteiger partial charge is 0.323 e. The molecule has 0 atom stereocenters. The van der Waals surface area contributed by atoms with Crippen molar-refractivity contribution in [2.45, 2.75) is 34.2 Å². The highest BCUT2D eigenvalue weighted by atomic mass is 32.1. The summed E-state index contributed by atoms with van der Waals surface area (Å²) in [5, 5.41) is 5.21. The Morgan fingerprint density at radius 3 is 2.36 bits per heavy atom. The maximum absolute atomic E-state index is 15.1. The number of nitrogens with zero attached hydrogens (tertiary/aromatic N) is 3. The van der Waals surface area contributed by atoms with Crippen molar-refractivity contribution in [3.8, 4) is 22.1 Å². The fraction of sp³-hybridized carbons (Fsp3) is 0.229. The van der Waals surface area contributed by atoms with Crippen molar-refractivity contribution in [1.82, 2.24) is 14.9 Å². The standard InChI is InChI=1S/C33H30FN5O5S.C2H6.3H2/c1-20(40)23-5-4-6-24(15-23)37-33(42)38-25-8-10-29(26(34)16-25)44-30-11-12-35-28-17-31(45-32(28)30)27-9-7-22(18-36-27)19-39(21(2)41)13-14-43-3;1-2;;;/h4-12,15-18H,13-14,19H2,1-3H3,(H2,37,38,42);1-2H3;3*1H. The molecule has 2 aromatic carbocycles. The lowest BCUT2D eigenvalue weighted by molar-refractivity contribution is -0.130. The molecule has 0 aliphatic rings. The summed E-state index contributed by atoms with van der Waals surface area (Å²) >= 11 is 1.41. The zero-order valence-corrected chi connectivity index (χ0v) is 27.6. The maximum Gasteiger partial charge on any atom is 0.323 e. The van der Waals surface area contributed by atoms with Gasteiger partial charge < -0.3 is 25.0 Å². The van der Waals surface area contributed by atoms with Gasteiger partial charge >= 0.3 is 6.03 Å². The molecule has 0 unspecified atom stereocenters. The Morgan fingerprint density at radius 2 is 1.70 bits per heavy atom. The molecular formula is C35H42FN5O5S. The van der Waals surface area contributed by atoms with E-state index in [9.17, 15) is 14.4 Å². The number of benzene rings is 2. The number of aromatic nitrogens is 2. The van der Waals surface area contributed by atoms with Crippen molar-refractivity contribution in [1.29, 1.82) is 0 Å². The highest BCUT2D eigenvalue weighted by Gasteiger charge is 2.15. The van der Waals surface area contributed by atoms with Crippen molar-refractivity contribution >= 4 is 50.6 Å². The number of hydrogen-bond donors (Lipinski definition) is 2. The van der Waals surface area contributed by atoms with Crippen molar-refractivity contribution in [2.75, 3.05) is 30.9 Å². The van der Waals surface area contributed by atoms with Crippen molar-refractivity contribution in [3.63, 3.8) is 0 Å². The first-order valence-corrected chi connectivity index (χ1v) is 15.8. The molecule has 0 spiro atoms. The summed E-state index contributed by atoms with van der Waals surface area (Å²) in [6.45, 7) is 8.33. The van der Waals surface area contributed by atoms with Crippen LogP contribution in [0.25, 0.3) is 20.8 Å². The number of hydrogen-bond acceptors (Lipinski definition) is 8. The first-order chi connectivity index (χ1) is 22.7. The second kappa shape index (κ2) is 16.4. The zero-order valence-electron chi connectivity index (χ0n) is 26.8. The molecule has 0 aliphatic carbocycles. The number of amides is 3. The van der Waals surface area contributed by atoms with E-state index in [-0.39, 0.29) is 27.4 Å². The van der Waals surface area contributed by atoms with Crippen LogP contribution < -0.4 is 15.4 Å². The molecule has 10 nitrogen and oxygen atoms in total. The fourth-order valence-electron chi connectivity index (χ4n) is 4.44. The summed E-state index contributed by atoms with van der Waals surface area (Å²) in [5.41, 5.74) is 3.40. The molecule has 3 amide bonds. The SMILES string of the molecule is CC.COCCN(Cc1ccc(-c2cc3nccc(Oc4ccc(NC(=O)Nc5cccc(C(C)=O)c5)cc4F)c3s2)nc1)C(C)=O.[HH].[HH].[HH]. The van der Waals surface area contributed by atoms with Crippen LogP contribution in [0.4, 0.5) is 20.6 Å². The molecule has 0 saturated heterocycles. The summed E-state index contributed by atoms with van der Waals surface area (Å²) in [4.78, 5) is 47.6. The topological polar surface area (TPSA) is 123 Å². The number of nitrogens with one attached hydrogen (secondary N) is 2. The summed E-state index contributed by atoms with van der Waals surface area (Å²) in [6, 6.07) is 17.4. The molecule has 3 aromatic heterocycles. The minimum atomic E-state index is -0.671. The van der Waals surface area contributed by atoms with Crippen LogP contribution in [0, 0.1) is 5.82 Å². The molecule has 0 radical (unpaired) electrons. The van der Waals surface area contributed by atoms with E-state index in [1.807, 2.05) is 32.0 Å². The second-order valence-corrected chi connectivity index (χ2v) is 11.1. The largest absolute Gasteiger partial charge is 0.453 e. The number of thiophene rings is 1. The Hall–Kier alpha value is -5.20. The number of anilines is 2. The number of ketones is 1. The molecular weight excluding hydrogens is 621 g/mol. The summed E-state index contributed by atoms with van der Waals surface area (Å²) in [5.74, 6) is -0.439. The van der Waals surface area contributed by atoms with Crippen LogP contribution in [0.5, 0.6) is 11.5 Å². The molecule has 5 rings (SSSR count). The van der Waals surface area contributed by atoms with E-state index in [1.54, 1.807) is 54.7 Å². The third kappa shape index (κ3) is 9.18. The van der Waals surface area contributed by atoms with Gasteiger partial charge in [-0.3, -0.25) is 19.6 Å². The van der Waals surface area contributed by atoms with Crippen molar-refractivity contribution in [2.24, 2.45) is 0 Å². The van der Waals surface area contributed by atoms with E-state index in [2.05, 4.69) is 20.6 Å². The number of Topliss-reactive ketones (excluding diaryl/α,β-unsaturated/α-hetero) is 1. The Labute approximate surface area is 281 Å². The van der Waals surface area contributed by atoms with Crippen LogP contribution in [0.1, 0.15) is 47.9 Å². The fourth-order valence-corrected chi connectivity index (χ4v) is 5.49. The number of carbonyl (C=O) groups excluding carboxylic acids is 3. The van der Waals surface area contributed by atoms with E-state index < -0.39 is 11.8 Å². The summed E-state index contributed by atoms with van der Waals surface area (Å²) in [6.07, 6.45) is 3.32. The van der Waals surface area contributed by atoms with E-state index in [1.165, 1.54) is 37.3 Å². The Bertz CT molecular complexity index is 1880. The van der Waals surface area contributed by atoms with Gasteiger partial charge in [0.15, 0.2) is 17.3 Å². The lowest BCUT2D eigenvalue weighted by Crippen LogP contribution is -2.31. The van der Waals surface area contributed by atoms with Crippen LogP contribution in [0.3, 0.4) is 0 Å². The number of ether oxygens (including phenoxy) is 2. The minimum Gasteiger partial charge on any atom is -0.453 e. The lowest BCUT2D eigenvalue weighted by atomic mass is 10.1. The van der Waals surface area contributed by atoms with E-state index >= 15 is 4.39 Å². The minimum absolute atomic E-state index is 0. The number of rotatable bonds is 11. The molecule has 250 valence electrons. The van der Waals surface area contributed by atoms with E-state index in [0.717, 1.165) is 26.9 Å². The highest BCUT2D eigenvalue weighted by molar-refractivity contribution is 7.22. The first kappa shape index (κ1) is 34.7. The highest BCUT2D eigenvalue weighted by Crippen LogP contribution is 2.39. The number of methoxy groups -OCH3 is 1. The zero-order chi connectivity index (χ0) is 33.9. The second-order valence-electron chi connectivity index (χ2n) is 10.1. The number of halogens is 1. The van der Waals surface area contributed by atoms with Gasteiger partial charge in [0.05, 0.1) is 27.4 Å². The number of carbonyl (C=O) groups is 3. The Balaban J connectivity index is 0.00000246. The third-order valence-corrected chi connectivity index (χ3v) is 7.94. The first-order valence-electron chi connectivity index (χ1n) is 14.9. The summed E-state index contributed by atoms with van der Waals surface area (Å²) < 4.78 is 26.8. The van der Waals surface area contributed by atoms with Gasteiger partial charge in [0.25, 0.3) is 0 Å². The van der Waals surface area contributed by atoms with Gasteiger partial charge in [0.2, 0.25) is 5.91 Å². The van der Waals surface area contributed by atoms with E-state index in [4.69, 9.17) is 9.47 Å². The molecule has 2 N–H and O–H groups in total. The molecule has 47 heavy (non-hydrogen) atoms. The van der Waals surface area contributed by atoms with Crippen LogP contribution in [0.15, 0.2) is 79.1 Å². The normalized spacial score (nSPS) is 10.5. The lowest BCUT2D eigenvalue weighted by Gasteiger charge is -2.20. The molecule has 0 fully saturated rings. The quantitative estimate of drug-likeness (QED) is 0.135. The molecule has 12 heteroatoms. The average molecular weight is 664 g/mol. The van der Waals surface area contributed by atoms with Gasteiger partial charge in [-0.25, -0.2) is 9.18 Å². The number of pyridine rings is 2. The van der Waals surface area contributed by atoms with Crippen LogP contribution >= 0.6 is 11.3 Å². The summed E-state index contributed by atoms with van der Waals surface area (Å²) in [7, 11) is 1.60. The van der Waals surface area contributed by atoms with Gasteiger partial charge in [-0.15, -0.1) is 11.3 Å². The Kier molecular flexibility index (Phi) is 12.1. The molecule has 0 bridgehead atoms. The molecule has 5 aromatic rings. The monoisotopic (exact) mass is 663 g/mol. The van der Waals surface area contributed by atoms with E-state index in [0.29, 0.717) is 42.2 Å². The third-order valence-electron chi connectivity index (χ3n) is 6.77. The van der Waals surface area contributed by atoms with Crippen LogP contribution in [0.2, 0.25) is 0 Å². The average Bonchev–Trinajstić information content (AvgIpc) is 3.51. The van der Waals surface area contributed by atoms with Gasteiger partial charge in [0, 0.05) is 72.9 Å². The molecule has 0 aliphatic heterocycles. The number of urea groups is 1. The van der Waals surface area contributed by atoms with Gasteiger partial charge in [-0.1, -0.05) is 32.0 Å². The van der Waals surface area contributed by atoms with Crippen molar-refractivity contribution in [3.05, 3.63) is 96.1 Å². The van der Waals surface area contributed by atoms with Crippen LogP contribution in [-0.2, 0) is 16.1 Å². The number of fused-ring (bicyclic) bond motifs is 1. The van der Waals surface area contributed by atoms with Gasteiger partial charge in [0.1, 0.15) is 5.75 Å². The van der Waals surface area contributed by atoms with Gasteiger partial charge in [-0.2, -0.15) is 0 Å². The molecule has 3 heterocycles. The predicted molar refractivity (Wildman–Crippen MR) is 189 cm³/mol. The maximum atomic E-state index is 15.1. The van der Waals surface area contributed by atoms with Gasteiger partial charge in [-0.05, 0) is 48.9 Å². The van der Waals surface area contributed by atoms with Crippen LogP contribution in [-0.4, -0.2) is 52.9 Å². The molecule has 0 saturated carbocycles. The van der Waals surface area contributed by atoms with Crippen molar-refractivity contribution < 1.29 is 32.5 Å². The predicted octanol–water partition coefficient (Wildman–Crippen LogP) is 8.90. The Morgan fingerprint density at radius 1 is 0.936 bits per heavy atom.